The summed E-state index contributed by atoms with van der Waals surface area (Å²) in [4.78, 5) is 8.56. The summed E-state index contributed by atoms with van der Waals surface area (Å²) < 4.78 is 5.32. The number of benzene rings is 1. The van der Waals surface area contributed by atoms with Crippen LogP contribution in [-0.4, -0.2) is 22.8 Å². The fourth-order valence-electron chi connectivity index (χ4n) is 1.72. The van der Waals surface area contributed by atoms with E-state index in [1.807, 2.05) is 37.3 Å². The minimum absolute atomic E-state index is 0.106. The summed E-state index contributed by atoms with van der Waals surface area (Å²) in [5.41, 5.74) is 8.17. The molecule has 1 unspecified atom stereocenters. The van der Waals surface area contributed by atoms with Gasteiger partial charge in [0.15, 0.2) is 5.16 Å². The van der Waals surface area contributed by atoms with Crippen molar-refractivity contribution in [2.45, 2.75) is 18.1 Å². The summed E-state index contributed by atoms with van der Waals surface area (Å²) in [5.74, 6) is 1.53. The molecular weight excluding hydrogens is 258 g/mol. The molecule has 0 aliphatic heterocycles. The first-order valence-corrected chi connectivity index (χ1v) is 7.00. The van der Waals surface area contributed by atoms with Crippen molar-refractivity contribution in [2.24, 2.45) is 5.73 Å². The van der Waals surface area contributed by atoms with Gasteiger partial charge < -0.3 is 10.5 Å². The molecule has 2 rings (SSSR count). The molecule has 2 aromatic rings. The topological polar surface area (TPSA) is 61.0 Å². The smallest absolute Gasteiger partial charge is 0.187 e. The molecule has 1 aromatic heterocycles. The van der Waals surface area contributed by atoms with Crippen molar-refractivity contribution in [2.75, 3.05) is 12.9 Å². The van der Waals surface area contributed by atoms with Gasteiger partial charge in [0.05, 0.1) is 7.11 Å². The summed E-state index contributed by atoms with van der Waals surface area (Å²) in [5, 5.41) is 0.755. The molecule has 0 bridgehead atoms. The van der Waals surface area contributed by atoms with Gasteiger partial charge in [-0.25, -0.2) is 9.97 Å². The molecule has 5 heteroatoms. The van der Waals surface area contributed by atoms with Gasteiger partial charge in [0.2, 0.25) is 0 Å². The zero-order valence-electron chi connectivity index (χ0n) is 11.0. The van der Waals surface area contributed by atoms with Crippen LogP contribution in [0.2, 0.25) is 0 Å². The maximum atomic E-state index is 6.20. The molecule has 0 amide bonds. The Morgan fingerprint density at radius 2 is 2.11 bits per heavy atom. The number of hydrogen-bond donors (Lipinski definition) is 1. The normalized spacial score (nSPS) is 12.2. The van der Waals surface area contributed by atoms with Gasteiger partial charge in [-0.05, 0) is 19.1 Å². The molecule has 1 aromatic carbocycles. The molecule has 1 heterocycles. The Labute approximate surface area is 117 Å². The van der Waals surface area contributed by atoms with Gasteiger partial charge in [-0.2, -0.15) is 0 Å². The number of nitrogens with zero attached hydrogens (tertiary/aromatic N) is 2. The third-order valence-corrected chi connectivity index (χ3v) is 3.68. The second kappa shape index (κ2) is 6.54. The lowest BCUT2D eigenvalue weighted by Gasteiger charge is -2.14. The molecule has 1 atom stereocenters. The SMILES string of the molecule is COc1ccccc1C(N)CSc1nccc(C)n1. The molecule has 0 aliphatic rings. The largest absolute Gasteiger partial charge is 0.496 e. The van der Waals surface area contributed by atoms with Gasteiger partial charge in [-0.3, -0.25) is 0 Å². The summed E-state index contributed by atoms with van der Waals surface area (Å²) in [6.07, 6.45) is 1.76. The van der Waals surface area contributed by atoms with Gasteiger partial charge in [0.25, 0.3) is 0 Å². The Bertz CT molecular complexity index is 548. The molecule has 0 aliphatic carbocycles. The number of ether oxygens (including phenoxy) is 1. The third kappa shape index (κ3) is 3.68. The van der Waals surface area contributed by atoms with Crippen molar-refractivity contribution < 1.29 is 4.74 Å². The molecule has 4 nitrogen and oxygen atoms in total. The second-order valence-electron chi connectivity index (χ2n) is 4.14. The molecule has 0 radical (unpaired) electrons. The summed E-state index contributed by atoms with van der Waals surface area (Å²) in [7, 11) is 1.66. The molecule has 2 N–H and O–H groups in total. The molecule has 19 heavy (non-hydrogen) atoms. The zero-order valence-corrected chi connectivity index (χ0v) is 11.9. The van der Waals surface area contributed by atoms with Crippen LogP contribution in [0.5, 0.6) is 5.75 Å². The van der Waals surface area contributed by atoms with E-state index >= 15 is 0 Å². The highest BCUT2D eigenvalue weighted by molar-refractivity contribution is 7.99. The van der Waals surface area contributed by atoms with Gasteiger partial charge in [0.1, 0.15) is 5.75 Å². The van der Waals surface area contributed by atoms with Crippen LogP contribution in [0.1, 0.15) is 17.3 Å². The van der Waals surface area contributed by atoms with Crippen molar-refractivity contribution in [3.8, 4) is 5.75 Å². The number of thioether (sulfide) groups is 1. The number of rotatable bonds is 5. The standard InChI is InChI=1S/C14H17N3OS/c1-10-7-8-16-14(17-10)19-9-12(15)11-5-3-4-6-13(11)18-2/h3-8,12H,9,15H2,1-2H3. The van der Waals surface area contributed by atoms with E-state index in [4.69, 9.17) is 10.5 Å². The van der Waals surface area contributed by atoms with Crippen LogP contribution in [0.3, 0.4) is 0 Å². The number of hydrogen-bond acceptors (Lipinski definition) is 5. The van der Waals surface area contributed by atoms with E-state index in [9.17, 15) is 0 Å². The number of aryl methyl sites for hydroxylation is 1. The lowest BCUT2D eigenvalue weighted by molar-refractivity contribution is 0.407. The fraction of sp³-hybridized carbons (Fsp3) is 0.286. The molecule has 100 valence electrons. The van der Waals surface area contributed by atoms with Crippen LogP contribution in [-0.2, 0) is 0 Å². The Kier molecular flexibility index (Phi) is 4.76. The van der Waals surface area contributed by atoms with Gasteiger partial charge >= 0.3 is 0 Å². The predicted molar refractivity (Wildman–Crippen MR) is 77.4 cm³/mol. The fourth-order valence-corrected chi connectivity index (χ4v) is 2.57. The molecule has 0 saturated carbocycles. The first kappa shape index (κ1) is 13.8. The molecular formula is C14H17N3OS. The van der Waals surface area contributed by atoms with Crippen LogP contribution < -0.4 is 10.5 Å². The quantitative estimate of drug-likeness (QED) is 0.671. The Balaban J connectivity index is 2.03. The average molecular weight is 275 g/mol. The first-order valence-electron chi connectivity index (χ1n) is 6.01. The zero-order chi connectivity index (χ0) is 13.7. The monoisotopic (exact) mass is 275 g/mol. The van der Waals surface area contributed by atoms with E-state index in [1.54, 1.807) is 25.1 Å². The number of aromatic nitrogens is 2. The third-order valence-electron chi connectivity index (χ3n) is 2.70. The first-order chi connectivity index (χ1) is 9.20. The van der Waals surface area contributed by atoms with E-state index in [0.29, 0.717) is 5.75 Å². The number of para-hydroxylation sites is 1. The average Bonchev–Trinajstić information content (AvgIpc) is 2.45. The summed E-state index contributed by atoms with van der Waals surface area (Å²) in [6, 6.07) is 9.58. The van der Waals surface area contributed by atoms with Crippen LogP contribution in [0.25, 0.3) is 0 Å². The molecule has 0 fully saturated rings. The minimum atomic E-state index is -0.106. The van der Waals surface area contributed by atoms with Crippen LogP contribution in [0.4, 0.5) is 0 Å². The Hall–Kier alpha value is -1.59. The Morgan fingerprint density at radius 3 is 2.84 bits per heavy atom. The maximum Gasteiger partial charge on any atom is 0.187 e. The van der Waals surface area contributed by atoms with E-state index in [1.165, 1.54) is 0 Å². The number of nitrogens with two attached hydrogens (primary N) is 1. The second-order valence-corrected chi connectivity index (χ2v) is 5.13. The van der Waals surface area contributed by atoms with Crippen LogP contribution in [0.15, 0.2) is 41.7 Å². The molecule has 0 saturated heterocycles. The van der Waals surface area contributed by atoms with E-state index < -0.39 is 0 Å². The lowest BCUT2D eigenvalue weighted by Crippen LogP contribution is -2.14. The lowest BCUT2D eigenvalue weighted by atomic mass is 10.1. The Morgan fingerprint density at radius 1 is 1.32 bits per heavy atom. The van der Waals surface area contributed by atoms with Gasteiger partial charge in [0, 0.05) is 29.2 Å². The highest BCUT2D eigenvalue weighted by atomic mass is 32.2. The highest BCUT2D eigenvalue weighted by Gasteiger charge is 2.12. The van der Waals surface area contributed by atoms with Crippen molar-refractivity contribution in [3.05, 3.63) is 47.8 Å². The summed E-state index contributed by atoms with van der Waals surface area (Å²) in [6.45, 7) is 1.95. The van der Waals surface area contributed by atoms with Gasteiger partial charge in [-0.15, -0.1) is 0 Å². The number of methoxy groups -OCH3 is 1. The maximum absolute atomic E-state index is 6.20. The highest BCUT2D eigenvalue weighted by Crippen LogP contribution is 2.27. The van der Waals surface area contributed by atoms with Crippen molar-refractivity contribution in [1.29, 1.82) is 0 Å². The predicted octanol–water partition coefficient (Wildman–Crippen LogP) is 2.59. The van der Waals surface area contributed by atoms with Crippen molar-refractivity contribution in [3.63, 3.8) is 0 Å². The van der Waals surface area contributed by atoms with E-state index in [-0.39, 0.29) is 6.04 Å². The minimum Gasteiger partial charge on any atom is -0.496 e. The summed E-state index contributed by atoms with van der Waals surface area (Å²) >= 11 is 1.55. The van der Waals surface area contributed by atoms with E-state index in [0.717, 1.165) is 22.2 Å². The van der Waals surface area contributed by atoms with Crippen LogP contribution >= 0.6 is 11.8 Å². The molecule has 0 spiro atoms. The van der Waals surface area contributed by atoms with Crippen LogP contribution in [0, 0.1) is 6.92 Å². The van der Waals surface area contributed by atoms with Crippen molar-refractivity contribution in [1.82, 2.24) is 9.97 Å². The van der Waals surface area contributed by atoms with Crippen molar-refractivity contribution >= 4 is 11.8 Å². The van der Waals surface area contributed by atoms with Gasteiger partial charge in [-0.1, -0.05) is 30.0 Å². The van der Waals surface area contributed by atoms with E-state index in [2.05, 4.69) is 9.97 Å².